The first-order valence-electron chi connectivity index (χ1n) is 5.01. The van der Waals surface area contributed by atoms with E-state index in [0.717, 1.165) is 18.4 Å². The Hall–Kier alpha value is -1.42. The number of aromatic nitrogens is 1. The molecule has 0 aromatic carbocycles. The maximum absolute atomic E-state index is 11.8. The standard InChI is InChI=1S/C11H14N2O2/c1-8-6-12-5-2-9(8)10(15)13-11(7-14)3-4-11/h2,5-6,14H,3-4,7H2,1H3,(H,13,15). The summed E-state index contributed by atoms with van der Waals surface area (Å²) in [4.78, 5) is 15.8. The van der Waals surface area contributed by atoms with E-state index in [1.165, 1.54) is 0 Å². The average Bonchev–Trinajstić information content (AvgIpc) is 2.99. The smallest absolute Gasteiger partial charge is 0.252 e. The van der Waals surface area contributed by atoms with E-state index >= 15 is 0 Å². The number of carbonyl (C=O) groups is 1. The fraction of sp³-hybridized carbons (Fsp3) is 0.455. The van der Waals surface area contributed by atoms with Crippen molar-refractivity contribution in [2.24, 2.45) is 0 Å². The number of nitrogens with one attached hydrogen (secondary N) is 1. The molecule has 2 rings (SSSR count). The van der Waals surface area contributed by atoms with Gasteiger partial charge in [0.15, 0.2) is 0 Å². The molecule has 0 atom stereocenters. The quantitative estimate of drug-likeness (QED) is 0.763. The Morgan fingerprint density at radius 3 is 2.93 bits per heavy atom. The number of aryl methyl sites for hydroxylation is 1. The second-order valence-corrected chi connectivity index (χ2v) is 4.08. The van der Waals surface area contributed by atoms with Gasteiger partial charge in [-0.25, -0.2) is 0 Å². The number of hydrogen-bond donors (Lipinski definition) is 2. The fourth-order valence-corrected chi connectivity index (χ4v) is 1.51. The largest absolute Gasteiger partial charge is 0.394 e. The van der Waals surface area contributed by atoms with Crippen LogP contribution in [0.3, 0.4) is 0 Å². The Morgan fingerprint density at radius 1 is 1.67 bits per heavy atom. The predicted molar refractivity (Wildman–Crippen MR) is 55.5 cm³/mol. The lowest BCUT2D eigenvalue weighted by Crippen LogP contribution is -2.39. The maximum atomic E-state index is 11.8. The van der Waals surface area contributed by atoms with Crippen LogP contribution < -0.4 is 5.32 Å². The first-order chi connectivity index (χ1) is 7.17. The summed E-state index contributed by atoms with van der Waals surface area (Å²) >= 11 is 0. The van der Waals surface area contributed by atoms with Crippen LogP contribution >= 0.6 is 0 Å². The molecule has 4 nitrogen and oxygen atoms in total. The van der Waals surface area contributed by atoms with Crippen LogP contribution in [0.5, 0.6) is 0 Å². The Bertz CT molecular complexity index is 386. The van der Waals surface area contributed by atoms with Gasteiger partial charge in [-0.2, -0.15) is 0 Å². The van der Waals surface area contributed by atoms with Crippen molar-refractivity contribution in [3.05, 3.63) is 29.6 Å². The predicted octanol–water partition coefficient (Wildman–Crippen LogP) is 0.645. The maximum Gasteiger partial charge on any atom is 0.252 e. The third-order valence-corrected chi connectivity index (χ3v) is 2.80. The third-order valence-electron chi connectivity index (χ3n) is 2.80. The topological polar surface area (TPSA) is 62.2 Å². The highest BCUT2D eigenvalue weighted by atomic mass is 16.3. The normalized spacial score (nSPS) is 17.2. The van der Waals surface area contributed by atoms with Crippen LogP contribution in [0, 0.1) is 6.92 Å². The summed E-state index contributed by atoms with van der Waals surface area (Å²) in [5, 5.41) is 12.0. The lowest BCUT2D eigenvalue weighted by molar-refractivity contribution is 0.0906. The van der Waals surface area contributed by atoms with E-state index in [-0.39, 0.29) is 18.1 Å². The monoisotopic (exact) mass is 206 g/mol. The number of carbonyl (C=O) groups excluding carboxylic acids is 1. The number of hydrogen-bond acceptors (Lipinski definition) is 3. The SMILES string of the molecule is Cc1cnccc1C(=O)NC1(CO)CC1. The molecular formula is C11H14N2O2. The van der Waals surface area contributed by atoms with Gasteiger partial charge in [-0.3, -0.25) is 9.78 Å². The second-order valence-electron chi connectivity index (χ2n) is 4.08. The lowest BCUT2D eigenvalue weighted by atomic mass is 10.1. The van der Waals surface area contributed by atoms with Crippen LogP contribution in [-0.2, 0) is 0 Å². The summed E-state index contributed by atoms with van der Waals surface area (Å²) in [5.41, 5.74) is 1.13. The lowest BCUT2D eigenvalue weighted by Gasteiger charge is -2.14. The van der Waals surface area contributed by atoms with Crippen LogP contribution in [0.2, 0.25) is 0 Å². The summed E-state index contributed by atoms with van der Waals surface area (Å²) in [6, 6.07) is 1.69. The fourth-order valence-electron chi connectivity index (χ4n) is 1.51. The van der Waals surface area contributed by atoms with Crippen LogP contribution in [0.1, 0.15) is 28.8 Å². The Kier molecular flexibility index (Phi) is 2.44. The third kappa shape index (κ3) is 1.99. The summed E-state index contributed by atoms with van der Waals surface area (Å²) < 4.78 is 0. The molecule has 1 aromatic heterocycles. The molecule has 1 heterocycles. The number of amides is 1. The summed E-state index contributed by atoms with van der Waals surface area (Å²) in [7, 11) is 0. The van der Waals surface area contributed by atoms with Crippen molar-refractivity contribution in [3.63, 3.8) is 0 Å². The number of rotatable bonds is 3. The van der Waals surface area contributed by atoms with Gasteiger partial charge in [-0.1, -0.05) is 0 Å². The highest BCUT2D eigenvalue weighted by molar-refractivity contribution is 5.96. The number of aliphatic hydroxyl groups is 1. The molecule has 15 heavy (non-hydrogen) atoms. The molecule has 0 unspecified atom stereocenters. The Balaban J connectivity index is 2.12. The van der Waals surface area contributed by atoms with Crippen molar-refractivity contribution in [2.45, 2.75) is 25.3 Å². The van der Waals surface area contributed by atoms with Crippen molar-refractivity contribution < 1.29 is 9.90 Å². The van der Waals surface area contributed by atoms with Crippen LogP contribution in [0.4, 0.5) is 0 Å². The molecule has 1 amide bonds. The van der Waals surface area contributed by atoms with Crippen molar-refractivity contribution >= 4 is 5.91 Å². The van der Waals surface area contributed by atoms with Crippen molar-refractivity contribution in [1.29, 1.82) is 0 Å². The van der Waals surface area contributed by atoms with Gasteiger partial charge in [0, 0.05) is 18.0 Å². The Morgan fingerprint density at radius 2 is 2.40 bits per heavy atom. The number of nitrogens with zero attached hydrogens (tertiary/aromatic N) is 1. The summed E-state index contributed by atoms with van der Waals surface area (Å²) in [5.74, 6) is -0.124. The zero-order chi connectivity index (χ0) is 10.9. The van der Waals surface area contributed by atoms with E-state index < -0.39 is 0 Å². The van der Waals surface area contributed by atoms with Gasteiger partial charge in [0.05, 0.1) is 12.1 Å². The zero-order valence-corrected chi connectivity index (χ0v) is 8.66. The van der Waals surface area contributed by atoms with Crippen molar-refractivity contribution in [1.82, 2.24) is 10.3 Å². The summed E-state index contributed by atoms with van der Waals surface area (Å²) in [6.45, 7) is 1.86. The molecule has 0 spiro atoms. The molecule has 1 aliphatic carbocycles. The van der Waals surface area contributed by atoms with Crippen molar-refractivity contribution in [3.8, 4) is 0 Å². The first-order valence-corrected chi connectivity index (χ1v) is 5.01. The van der Waals surface area contributed by atoms with Gasteiger partial charge in [-0.15, -0.1) is 0 Å². The summed E-state index contributed by atoms with van der Waals surface area (Å²) in [6.07, 6.45) is 4.98. The van der Waals surface area contributed by atoms with Gasteiger partial charge < -0.3 is 10.4 Å². The average molecular weight is 206 g/mol. The van der Waals surface area contributed by atoms with E-state index in [0.29, 0.717) is 5.56 Å². The number of aliphatic hydroxyl groups excluding tert-OH is 1. The molecule has 0 bridgehead atoms. The van der Waals surface area contributed by atoms with Gasteiger partial charge in [0.2, 0.25) is 0 Å². The van der Waals surface area contributed by atoms with Crippen LogP contribution in [0.25, 0.3) is 0 Å². The van der Waals surface area contributed by atoms with Crippen LogP contribution in [-0.4, -0.2) is 28.1 Å². The molecule has 4 heteroatoms. The minimum Gasteiger partial charge on any atom is -0.394 e. The van der Waals surface area contributed by atoms with E-state index in [4.69, 9.17) is 5.11 Å². The molecule has 2 N–H and O–H groups in total. The minimum atomic E-state index is -0.354. The van der Waals surface area contributed by atoms with Gasteiger partial charge in [0.25, 0.3) is 5.91 Å². The molecule has 1 fully saturated rings. The molecule has 0 radical (unpaired) electrons. The molecule has 0 saturated heterocycles. The van der Waals surface area contributed by atoms with Gasteiger partial charge in [-0.05, 0) is 31.4 Å². The van der Waals surface area contributed by atoms with Crippen LogP contribution in [0.15, 0.2) is 18.5 Å². The molecule has 80 valence electrons. The molecule has 0 aliphatic heterocycles. The van der Waals surface area contributed by atoms with Gasteiger partial charge in [0.1, 0.15) is 0 Å². The van der Waals surface area contributed by atoms with E-state index in [1.54, 1.807) is 18.5 Å². The molecular weight excluding hydrogens is 192 g/mol. The zero-order valence-electron chi connectivity index (χ0n) is 8.66. The number of pyridine rings is 1. The minimum absolute atomic E-state index is 0.0167. The highest BCUT2D eigenvalue weighted by Crippen LogP contribution is 2.34. The molecule has 1 aliphatic rings. The second kappa shape index (κ2) is 3.62. The van der Waals surface area contributed by atoms with E-state index in [1.807, 2.05) is 6.92 Å². The van der Waals surface area contributed by atoms with E-state index in [2.05, 4.69) is 10.3 Å². The molecule has 1 aromatic rings. The molecule has 1 saturated carbocycles. The first kappa shape index (κ1) is 10.1. The van der Waals surface area contributed by atoms with Gasteiger partial charge >= 0.3 is 0 Å². The van der Waals surface area contributed by atoms with E-state index in [9.17, 15) is 4.79 Å². The highest BCUT2D eigenvalue weighted by Gasteiger charge is 2.43. The Labute approximate surface area is 88.3 Å². The van der Waals surface area contributed by atoms with Crippen molar-refractivity contribution in [2.75, 3.05) is 6.61 Å².